The third-order valence-corrected chi connectivity index (χ3v) is 3.50. The topological polar surface area (TPSA) is 77.3 Å². The normalized spacial score (nSPS) is 10.6. The molecule has 0 saturated heterocycles. The third kappa shape index (κ3) is 3.51. The van der Waals surface area contributed by atoms with Crippen LogP contribution in [0.5, 0.6) is 5.75 Å². The number of nitrogens with zero attached hydrogens (tertiary/aromatic N) is 2. The number of halogens is 3. The lowest BCUT2D eigenvalue weighted by atomic mass is 10.2. The number of hydrogen-bond acceptors (Lipinski definition) is 5. The molecule has 6 nitrogen and oxygen atoms in total. The zero-order chi connectivity index (χ0) is 18.7. The second kappa shape index (κ2) is 7.26. The van der Waals surface area contributed by atoms with Gasteiger partial charge in [-0.25, -0.2) is 13.2 Å². The first-order valence-corrected chi connectivity index (χ1v) is 7.38. The second-order valence-corrected chi connectivity index (χ2v) is 5.15. The highest BCUT2D eigenvalue weighted by molar-refractivity contribution is 5.94. The van der Waals surface area contributed by atoms with Crippen LogP contribution in [0.1, 0.15) is 16.2 Å². The molecule has 26 heavy (non-hydrogen) atoms. The van der Waals surface area contributed by atoms with Crippen LogP contribution in [0, 0.1) is 17.5 Å². The van der Waals surface area contributed by atoms with Gasteiger partial charge in [-0.15, -0.1) is 0 Å². The summed E-state index contributed by atoms with van der Waals surface area (Å²) in [5.74, 6) is -4.57. The molecule has 2 aromatic carbocycles. The second-order valence-electron chi connectivity index (χ2n) is 5.15. The van der Waals surface area contributed by atoms with Gasteiger partial charge in [0.15, 0.2) is 17.5 Å². The fourth-order valence-electron chi connectivity index (χ4n) is 2.14. The van der Waals surface area contributed by atoms with E-state index in [1.54, 1.807) is 31.4 Å². The van der Waals surface area contributed by atoms with Crippen LogP contribution in [0.15, 0.2) is 40.9 Å². The summed E-state index contributed by atoms with van der Waals surface area (Å²) < 4.78 is 49.7. The lowest BCUT2D eigenvalue weighted by Gasteiger charge is -2.04. The fourth-order valence-corrected chi connectivity index (χ4v) is 2.14. The maximum absolute atomic E-state index is 13.6. The Kier molecular flexibility index (Phi) is 4.87. The van der Waals surface area contributed by atoms with Crippen molar-refractivity contribution in [1.29, 1.82) is 0 Å². The number of rotatable bonds is 5. The molecule has 0 aliphatic rings. The van der Waals surface area contributed by atoms with Crippen LogP contribution in [0.2, 0.25) is 0 Å². The molecule has 3 aromatic rings. The summed E-state index contributed by atoms with van der Waals surface area (Å²) in [6.07, 6.45) is 0. The average molecular weight is 363 g/mol. The Hall–Kier alpha value is -3.36. The first kappa shape index (κ1) is 17.5. The van der Waals surface area contributed by atoms with E-state index in [0.29, 0.717) is 17.4 Å². The van der Waals surface area contributed by atoms with Gasteiger partial charge in [0.05, 0.1) is 19.2 Å². The van der Waals surface area contributed by atoms with E-state index in [-0.39, 0.29) is 18.3 Å². The van der Waals surface area contributed by atoms with E-state index in [9.17, 15) is 18.0 Å². The van der Waals surface area contributed by atoms with Crippen LogP contribution in [-0.4, -0.2) is 23.2 Å². The van der Waals surface area contributed by atoms with Gasteiger partial charge in [0, 0.05) is 5.56 Å². The van der Waals surface area contributed by atoms with E-state index >= 15 is 0 Å². The van der Waals surface area contributed by atoms with Crippen LogP contribution in [0.4, 0.5) is 13.2 Å². The summed E-state index contributed by atoms with van der Waals surface area (Å²) in [6.45, 7) is -0.208. The number of methoxy groups -OCH3 is 1. The van der Waals surface area contributed by atoms with E-state index in [2.05, 4.69) is 15.5 Å². The molecule has 0 radical (unpaired) electrons. The molecule has 1 heterocycles. The highest BCUT2D eigenvalue weighted by Crippen LogP contribution is 2.20. The molecule has 3 rings (SSSR count). The predicted molar refractivity (Wildman–Crippen MR) is 83.8 cm³/mol. The molecule has 0 aliphatic heterocycles. The summed E-state index contributed by atoms with van der Waals surface area (Å²) in [4.78, 5) is 16.0. The maximum atomic E-state index is 13.6. The average Bonchev–Trinajstić information content (AvgIpc) is 3.13. The van der Waals surface area contributed by atoms with Gasteiger partial charge in [-0.2, -0.15) is 4.98 Å². The zero-order valence-electron chi connectivity index (χ0n) is 13.4. The Bertz CT molecular complexity index is 942. The standard InChI is InChI=1S/C17H12F3N3O3/c1-25-10-4-2-9(3-5-10)16-22-13(26-23-16)8-21-17(24)11-6-7-12(18)15(20)14(11)19/h2-7H,8H2,1H3,(H,21,24). The molecule has 0 atom stereocenters. The zero-order valence-corrected chi connectivity index (χ0v) is 13.4. The van der Waals surface area contributed by atoms with Gasteiger partial charge in [0.1, 0.15) is 5.75 Å². The van der Waals surface area contributed by atoms with Gasteiger partial charge < -0.3 is 14.6 Å². The molecule has 1 amide bonds. The molecule has 1 aromatic heterocycles. The molecule has 0 spiro atoms. The molecule has 0 saturated carbocycles. The van der Waals surface area contributed by atoms with Crippen molar-refractivity contribution >= 4 is 5.91 Å². The van der Waals surface area contributed by atoms with Crippen LogP contribution in [-0.2, 0) is 6.54 Å². The molecule has 0 aliphatic carbocycles. The van der Waals surface area contributed by atoms with Crippen molar-refractivity contribution in [3.63, 3.8) is 0 Å². The molecule has 0 fully saturated rings. The highest BCUT2D eigenvalue weighted by Gasteiger charge is 2.19. The number of carbonyl (C=O) groups excluding carboxylic acids is 1. The van der Waals surface area contributed by atoms with Crippen molar-refractivity contribution in [1.82, 2.24) is 15.5 Å². The van der Waals surface area contributed by atoms with Gasteiger partial charge in [0.2, 0.25) is 11.7 Å². The number of nitrogens with one attached hydrogen (secondary N) is 1. The third-order valence-electron chi connectivity index (χ3n) is 3.50. The van der Waals surface area contributed by atoms with Gasteiger partial charge in [-0.1, -0.05) is 5.16 Å². The van der Waals surface area contributed by atoms with E-state index in [1.807, 2.05) is 0 Å². The molecule has 1 N–H and O–H groups in total. The van der Waals surface area contributed by atoms with Crippen molar-refractivity contribution < 1.29 is 27.2 Å². The quantitative estimate of drug-likeness (QED) is 0.705. The van der Waals surface area contributed by atoms with Gasteiger partial charge in [-0.3, -0.25) is 4.79 Å². The van der Waals surface area contributed by atoms with Gasteiger partial charge >= 0.3 is 0 Å². The number of benzene rings is 2. The van der Waals surface area contributed by atoms with E-state index in [1.165, 1.54) is 0 Å². The van der Waals surface area contributed by atoms with Crippen LogP contribution in [0.3, 0.4) is 0 Å². The molecular weight excluding hydrogens is 351 g/mol. The summed E-state index contributed by atoms with van der Waals surface area (Å²) in [7, 11) is 1.54. The lowest BCUT2D eigenvalue weighted by Crippen LogP contribution is -2.24. The molecule has 9 heteroatoms. The maximum Gasteiger partial charge on any atom is 0.254 e. The molecule has 0 unspecified atom stereocenters. The monoisotopic (exact) mass is 363 g/mol. The SMILES string of the molecule is COc1ccc(-c2noc(CNC(=O)c3ccc(F)c(F)c3F)n2)cc1. The van der Waals surface area contributed by atoms with Crippen molar-refractivity contribution in [2.75, 3.05) is 7.11 Å². The van der Waals surface area contributed by atoms with E-state index in [4.69, 9.17) is 9.26 Å². The molecule has 134 valence electrons. The fraction of sp³-hybridized carbons (Fsp3) is 0.118. The van der Waals surface area contributed by atoms with Gasteiger partial charge in [-0.05, 0) is 36.4 Å². The van der Waals surface area contributed by atoms with E-state index in [0.717, 1.165) is 6.07 Å². The van der Waals surface area contributed by atoms with Crippen molar-refractivity contribution in [2.45, 2.75) is 6.54 Å². The number of hydrogen-bond donors (Lipinski definition) is 1. The number of carbonyl (C=O) groups is 1. The first-order valence-electron chi connectivity index (χ1n) is 7.38. The summed E-state index contributed by atoms with van der Waals surface area (Å²) in [5.41, 5.74) is 0.0394. The Morgan fingerprint density at radius 2 is 1.85 bits per heavy atom. The number of aromatic nitrogens is 2. The Balaban J connectivity index is 1.68. The minimum Gasteiger partial charge on any atom is -0.497 e. The van der Waals surface area contributed by atoms with Crippen LogP contribution >= 0.6 is 0 Å². The number of amides is 1. The first-order chi connectivity index (χ1) is 12.5. The van der Waals surface area contributed by atoms with Crippen LogP contribution < -0.4 is 10.1 Å². The smallest absolute Gasteiger partial charge is 0.254 e. The largest absolute Gasteiger partial charge is 0.497 e. The van der Waals surface area contributed by atoms with Crippen molar-refractivity contribution in [2.24, 2.45) is 0 Å². The lowest BCUT2D eigenvalue weighted by molar-refractivity contribution is 0.0941. The van der Waals surface area contributed by atoms with Crippen LogP contribution in [0.25, 0.3) is 11.4 Å². The van der Waals surface area contributed by atoms with Gasteiger partial charge in [0.25, 0.3) is 5.91 Å². The Labute approximate surface area is 145 Å². The predicted octanol–water partition coefficient (Wildman–Crippen LogP) is 3.09. The minimum atomic E-state index is -1.71. The molecule has 0 bridgehead atoms. The summed E-state index contributed by atoms with van der Waals surface area (Å²) in [6, 6.07) is 8.41. The summed E-state index contributed by atoms with van der Waals surface area (Å²) in [5, 5.41) is 6.08. The Morgan fingerprint density at radius 1 is 1.12 bits per heavy atom. The van der Waals surface area contributed by atoms with Crippen molar-refractivity contribution in [3.05, 3.63) is 65.3 Å². The van der Waals surface area contributed by atoms with E-state index < -0.39 is 28.9 Å². The highest BCUT2D eigenvalue weighted by atomic mass is 19.2. The molecular formula is C17H12F3N3O3. The van der Waals surface area contributed by atoms with Crippen molar-refractivity contribution in [3.8, 4) is 17.1 Å². The summed E-state index contributed by atoms with van der Waals surface area (Å²) >= 11 is 0. The minimum absolute atomic E-state index is 0.0622. The Morgan fingerprint density at radius 3 is 2.54 bits per heavy atom. The number of ether oxygens (including phenoxy) is 1.